The van der Waals surface area contributed by atoms with Crippen molar-refractivity contribution < 1.29 is 48.3 Å². The zero-order valence-corrected chi connectivity index (χ0v) is 30.0. The molecule has 0 aliphatic carbocycles. The van der Waals surface area contributed by atoms with Gasteiger partial charge in [0.1, 0.15) is 24.2 Å². The van der Waals surface area contributed by atoms with Crippen molar-refractivity contribution in [3.8, 4) is 0 Å². The average molecular weight is 740 g/mol. The number of carboxylic acids is 1. The Morgan fingerprint density at radius 1 is 0.824 bits per heavy atom. The van der Waals surface area contributed by atoms with Crippen molar-refractivity contribution >= 4 is 64.6 Å². The van der Waals surface area contributed by atoms with Crippen LogP contribution >= 0.6 is 11.8 Å². The molecule has 0 heterocycles. The molecule has 0 aromatic heterocycles. The number of hydrogen-bond acceptors (Lipinski definition) is 12. The third-order valence-corrected chi connectivity index (χ3v) is 8.14. The van der Waals surface area contributed by atoms with Crippen LogP contribution in [0.1, 0.15) is 65.2 Å². The van der Waals surface area contributed by atoms with E-state index in [0.29, 0.717) is 25.1 Å². The van der Waals surface area contributed by atoms with Crippen LogP contribution in [0.25, 0.3) is 0 Å². The van der Waals surface area contributed by atoms with E-state index in [1.165, 1.54) is 36.0 Å². The van der Waals surface area contributed by atoms with Gasteiger partial charge in [-0.3, -0.25) is 43.7 Å². The molecule has 0 radical (unpaired) electrons. The number of hydrogen-bond donors (Lipinski definition) is 7. The van der Waals surface area contributed by atoms with E-state index in [0.717, 1.165) is 7.11 Å². The van der Waals surface area contributed by atoms with E-state index in [1.807, 2.05) is 6.26 Å². The summed E-state index contributed by atoms with van der Waals surface area (Å²) in [4.78, 5) is 99.2. The number of unbranched alkanes of at least 4 members (excludes halogenated alkanes) is 1. The van der Waals surface area contributed by atoms with E-state index >= 15 is 0 Å². The molecule has 51 heavy (non-hydrogen) atoms. The second-order valence-corrected chi connectivity index (χ2v) is 12.8. The van der Waals surface area contributed by atoms with Crippen LogP contribution in [0.3, 0.4) is 0 Å². The van der Waals surface area contributed by atoms with Crippen LogP contribution in [0.15, 0.2) is 24.3 Å². The number of nitrogens with zero attached hydrogens (tertiary/aromatic N) is 1. The molecular weight excluding hydrogens is 690 g/mol. The zero-order chi connectivity index (χ0) is 38.5. The molecule has 4 atom stereocenters. The summed E-state index contributed by atoms with van der Waals surface area (Å²) in [6.07, 6.45) is 1.79. The highest BCUT2D eigenvalue weighted by Gasteiger charge is 2.33. The highest BCUT2D eigenvalue weighted by Crippen LogP contribution is 2.16. The molecule has 8 N–H and O–H groups in total. The van der Waals surface area contributed by atoms with Crippen LogP contribution in [-0.4, -0.2) is 101 Å². The molecule has 19 heteroatoms. The van der Waals surface area contributed by atoms with Gasteiger partial charge in [0, 0.05) is 30.7 Å². The molecule has 1 aromatic carbocycles. The maximum Gasteiger partial charge on any atom is 0.306 e. The van der Waals surface area contributed by atoms with E-state index in [-0.39, 0.29) is 43.5 Å². The first kappa shape index (κ1) is 44.2. The third kappa shape index (κ3) is 17.1. The number of nitrogens with two attached hydrogens (primary N) is 1. The zero-order valence-electron chi connectivity index (χ0n) is 29.2. The summed E-state index contributed by atoms with van der Waals surface area (Å²) in [5, 5.41) is 33.1. The summed E-state index contributed by atoms with van der Waals surface area (Å²) in [5.41, 5.74) is 5.75. The number of esters is 1. The largest absolute Gasteiger partial charge is 0.481 e. The fourth-order valence-corrected chi connectivity index (χ4v) is 5.08. The fraction of sp³-hybridized carbons (Fsp3) is 0.594. The summed E-state index contributed by atoms with van der Waals surface area (Å²) < 4.78 is 4.51. The topological polar surface area (TPSA) is 278 Å². The summed E-state index contributed by atoms with van der Waals surface area (Å²) in [5.74, 6) is -5.45. The van der Waals surface area contributed by atoms with Crippen molar-refractivity contribution in [2.45, 2.75) is 89.4 Å². The van der Waals surface area contributed by atoms with Crippen LogP contribution < -0.4 is 32.3 Å². The maximum atomic E-state index is 13.6. The van der Waals surface area contributed by atoms with Gasteiger partial charge in [0.2, 0.25) is 29.5 Å². The second kappa shape index (κ2) is 23.6. The van der Waals surface area contributed by atoms with Crippen molar-refractivity contribution in [1.82, 2.24) is 21.3 Å². The summed E-state index contributed by atoms with van der Waals surface area (Å²) in [6, 6.07) is 0.422. The molecule has 18 nitrogen and oxygen atoms in total. The monoisotopic (exact) mass is 739 g/mol. The molecule has 1 aromatic rings. The number of carboxylic acid groups (broad SMARTS) is 1. The minimum absolute atomic E-state index is 0.143. The quantitative estimate of drug-likeness (QED) is 0.0335. The lowest BCUT2D eigenvalue weighted by molar-refractivity contribution is -0.384. The molecule has 5 amide bonds. The maximum absolute atomic E-state index is 13.6. The number of non-ortho nitro benzene ring substituents is 1. The smallest absolute Gasteiger partial charge is 0.306 e. The van der Waals surface area contributed by atoms with Crippen LogP contribution in [-0.2, 0) is 38.3 Å². The predicted molar refractivity (Wildman–Crippen MR) is 188 cm³/mol. The van der Waals surface area contributed by atoms with Gasteiger partial charge in [-0.15, -0.1) is 0 Å². The number of amides is 5. The lowest BCUT2D eigenvalue weighted by atomic mass is 10.0. The van der Waals surface area contributed by atoms with Crippen LogP contribution in [0.2, 0.25) is 0 Å². The Bertz CT molecular complexity index is 1360. The summed E-state index contributed by atoms with van der Waals surface area (Å²) in [7, 11) is 1.15. The van der Waals surface area contributed by atoms with Gasteiger partial charge in [-0.25, -0.2) is 0 Å². The molecule has 0 saturated heterocycles. The number of anilines is 1. The fourth-order valence-electron chi connectivity index (χ4n) is 4.61. The Morgan fingerprint density at radius 3 is 1.96 bits per heavy atom. The van der Waals surface area contributed by atoms with Crippen molar-refractivity contribution in [3.63, 3.8) is 0 Å². The number of methoxy groups -OCH3 is 1. The summed E-state index contributed by atoms with van der Waals surface area (Å²) in [6.45, 7) is 3.59. The van der Waals surface area contributed by atoms with Gasteiger partial charge in [0.05, 0.1) is 18.5 Å². The van der Waals surface area contributed by atoms with Crippen LogP contribution in [0.5, 0.6) is 0 Å². The molecule has 0 spiro atoms. The third-order valence-electron chi connectivity index (χ3n) is 7.50. The van der Waals surface area contributed by atoms with E-state index in [2.05, 4.69) is 31.3 Å². The average Bonchev–Trinajstić information content (AvgIpc) is 3.08. The molecule has 0 saturated carbocycles. The van der Waals surface area contributed by atoms with Gasteiger partial charge in [0.15, 0.2) is 0 Å². The second-order valence-electron chi connectivity index (χ2n) is 11.8. The van der Waals surface area contributed by atoms with E-state index in [4.69, 9.17) is 10.8 Å². The van der Waals surface area contributed by atoms with Crippen molar-refractivity contribution in [2.24, 2.45) is 11.7 Å². The van der Waals surface area contributed by atoms with Gasteiger partial charge < -0.3 is 42.2 Å². The van der Waals surface area contributed by atoms with E-state index in [9.17, 15) is 43.7 Å². The molecule has 284 valence electrons. The van der Waals surface area contributed by atoms with Crippen molar-refractivity contribution in [1.29, 1.82) is 0 Å². The molecule has 0 aliphatic rings. The number of rotatable bonds is 24. The van der Waals surface area contributed by atoms with Crippen molar-refractivity contribution in [3.05, 3.63) is 34.4 Å². The number of nitro groups is 1. The standard InChI is InChI=1S/C32H49N7O11S/c1-19(2)28(38-31(46)23(12-14-26(41)42)35-25(40)13-15-27(43)50-3)32(47)37-22(7-5-6-17-33)30(45)36-24(16-18-51-4)29(44)34-20-8-10-21(11-9-20)39(48)49/h8-11,19,22-24,28H,5-7,12-18,33H2,1-4H3,(H,34,44)(H,35,40)(H,36,45)(H,37,47)(H,38,46)(H,41,42)/t22-,23+,24-,28-/m0/s1. The first-order chi connectivity index (χ1) is 24.1. The Balaban J connectivity index is 3.16. The Hall–Kier alpha value is -4.78. The van der Waals surface area contributed by atoms with Crippen LogP contribution in [0, 0.1) is 16.0 Å². The number of ether oxygens (including phenoxy) is 1. The van der Waals surface area contributed by atoms with Crippen LogP contribution in [0.4, 0.5) is 11.4 Å². The molecule has 0 aliphatic heterocycles. The first-order valence-electron chi connectivity index (χ1n) is 16.4. The summed E-state index contributed by atoms with van der Waals surface area (Å²) >= 11 is 1.44. The highest BCUT2D eigenvalue weighted by atomic mass is 32.2. The molecule has 0 fully saturated rings. The van der Waals surface area contributed by atoms with Crippen molar-refractivity contribution in [2.75, 3.05) is 31.0 Å². The number of nitro benzene ring substituents is 1. The molecule has 0 unspecified atom stereocenters. The normalized spacial score (nSPS) is 13.1. The number of nitrogens with one attached hydrogen (secondary N) is 5. The minimum Gasteiger partial charge on any atom is -0.481 e. The van der Waals surface area contributed by atoms with Gasteiger partial charge in [-0.1, -0.05) is 13.8 Å². The lowest BCUT2D eigenvalue weighted by Gasteiger charge is -2.28. The van der Waals surface area contributed by atoms with Gasteiger partial charge in [-0.05, 0) is 68.7 Å². The van der Waals surface area contributed by atoms with E-state index in [1.54, 1.807) is 13.8 Å². The molecule has 0 bridgehead atoms. The molecule has 1 rings (SSSR count). The number of aliphatic carboxylic acids is 1. The predicted octanol–water partition coefficient (Wildman–Crippen LogP) is 0.829. The number of carbonyl (C=O) groups excluding carboxylic acids is 6. The van der Waals surface area contributed by atoms with Gasteiger partial charge in [0.25, 0.3) is 5.69 Å². The Kier molecular flexibility index (Phi) is 20.5. The highest BCUT2D eigenvalue weighted by molar-refractivity contribution is 7.98. The lowest BCUT2D eigenvalue weighted by Crippen LogP contribution is -2.59. The van der Waals surface area contributed by atoms with Gasteiger partial charge in [-0.2, -0.15) is 11.8 Å². The number of carbonyl (C=O) groups is 7. The first-order valence-corrected chi connectivity index (χ1v) is 17.8. The number of thioether (sulfide) groups is 1. The Morgan fingerprint density at radius 2 is 1.41 bits per heavy atom. The number of benzene rings is 1. The SMILES string of the molecule is COC(=O)CCC(=O)N[C@H](CCC(=O)O)C(=O)N[C@H](C(=O)N[C@@H](CCCCN)C(=O)N[C@@H](CCSC)C(=O)Nc1ccc([N+](=O)[O-])cc1)C(C)C. The molecular formula is C32H49N7O11S. The van der Waals surface area contributed by atoms with Gasteiger partial charge >= 0.3 is 11.9 Å². The Labute approximate surface area is 300 Å². The minimum atomic E-state index is -1.35. The van der Waals surface area contributed by atoms with E-state index < -0.39 is 82.9 Å².